The van der Waals surface area contributed by atoms with Crippen molar-refractivity contribution in [3.63, 3.8) is 0 Å². The number of aromatic nitrogens is 2. The third-order valence-electron chi connectivity index (χ3n) is 7.07. The fourth-order valence-corrected chi connectivity index (χ4v) is 6.15. The second kappa shape index (κ2) is 11.9. The number of carbonyl (C=O) groups is 2. The van der Waals surface area contributed by atoms with Crippen LogP contribution in [0.4, 0.5) is 30.7 Å². The molecule has 1 aliphatic heterocycles. The Labute approximate surface area is 254 Å². The van der Waals surface area contributed by atoms with Gasteiger partial charge in [-0.3, -0.25) is 14.3 Å². The fourth-order valence-electron chi connectivity index (χ4n) is 4.87. The number of carbonyl (C=O) groups excluding carboxylic acids is 2. The molecule has 248 valence electrons. The Morgan fingerprint density at radius 2 is 1.80 bits per heavy atom. The standard InChI is InChI=1S/C28H31F7N4O5S/c1-25(2,3)15-39-11-9-21(37-39)18-14-26(28(33,34)35,36-23(40)22(18)24(41)38-45(42,43)17-6-7-17)19-8-5-16(13-20(19)29)44-12-4-10-27(30,31)32/h5,8-9,11,13,17H,4,6-7,10,12,14-15H2,1-3H3,(H,36,40)(H,38,41)/t26-/m0/s1. The van der Waals surface area contributed by atoms with Crippen molar-refractivity contribution in [1.82, 2.24) is 19.8 Å². The Hall–Kier alpha value is -3.63. The van der Waals surface area contributed by atoms with E-state index in [9.17, 15) is 44.3 Å². The fraction of sp³-hybridized carbons (Fsp3) is 0.536. The number of alkyl halides is 6. The van der Waals surface area contributed by atoms with Gasteiger partial charge in [0.05, 0.1) is 17.6 Å². The molecule has 1 aliphatic carbocycles. The van der Waals surface area contributed by atoms with Gasteiger partial charge in [0, 0.05) is 42.8 Å². The summed E-state index contributed by atoms with van der Waals surface area (Å²) in [7, 11) is -4.22. The second-order valence-electron chi connectivity index (χ2n) is 12.2. The number of nitrogens with one attached hydrogen (secondary N) is 2. The lowest BCUT2D eigenvalue weighted by Crippen LogP contribution is -2.60. The van der Waals surface area contributed by atoms with Crippen molar-refractivity contribution in [2.24, 2.45) is 5.41 Å². The smallest absolute Gasteiger partial charge is 0.416 e. The van der Waals surface area contributed by atoms with Crippen molar-refractivity contribution in [3.05, 3.63) is 53.1 Å². The van der Waals surface area contributed by atoms with E-state index in [0.717, 1.165) is 6.07 Å². The van der Waals surface area contributed by atoms with Gasteiger partial charge in [-0.05, 0) is 42.9 Å². The molecule has 4 rings (SSSR count). The Kier molecular flexibility index (Phi) is 9.09. The Morgan fingerprint density at radius 3 is 2.36 bits per heavy atom. The maximum absolute atomic E-state index is 15.4. The van der Waals surface area contributed by atoms with E-state index in [0.29, 0.717) is 12.1 Å². The van der Waals surface area contributed by atoms with E-state index in [4.69, 9.17) is 4.74 Å². The highest BCUT2D eigenvalue weighted by atomic mass is 32.2. The molecule has 1 fully saturated rings. The van der Waals surface area contributed by atoms with Gasteiger partial charge in [-0.25, -0.2) is 17.5 Å². The predicted octanol–water partition coefficient (Wildman–Crippen LogP) is 5.13. The maximum atomic E-state index is 15.4. The van der Waals surface area contributed by atoms with Crippen LogP contribution in [0, 0.1) is 11.2 Å². The van der Waals surface area contributed by atoms with Crippen LogP contribution in [0.3, 0.4) is 0 Å². The molecule has 1 saturated carbocycles. The van der Waals surface area contributed by atoms with Crippen LogP contribution in [-0.2, 0) is 31.7 Å². The molecule has 45 heavy (non-hydrogen) atoms. The minimum Gasteiger partial charge on any atom is -0.493 e. The second-order valence-corrected chi connectivity index (χ2v) is 14.2. The molecule has 2 aromatic rings. The SMILES string of the molecule is CC(C)(C)Cn1ccc(C2=C(C(=O)NS(=O)(=O)C3CC3)C(=O)N[C@@](c3ccc(OCCCC(F)(F)F)cc3F)(C(F)(F)F)C2)n1. The molecule has 0 bridgehead atoms. The summed E-state index contributed by atoms with van der Waals surface area (Å²) in [6.07, 6.45) is -10.8. The number of benzene rings is 1. The first-order valence-electron chi connectivity index (χ1n) is 13.8. The number of hydrogen-bond acceptors (Lipinski definition) is 6. The zero-order valence-corrected chi connectivity index (χ0v) is 25.2. The molecule has 0 unspecified atom stereocenters. The Morgan fingerprint density at radius 1 is 1.13 bits per heavy atom. The van der Waals surface area contributed by atoms with Crippen LogP contribution >= 0.6 is 0 Å². The van der Waals surface area contributed by atoms with Crippen LogP contribution in [-0.4, -0.2) is 54.2 Å². The van der Waals surface area contributed by atoms with Crippen molar-refractivity contribution in [3.8, 4) is 5.75 Å². The molecule has 0 spiro atoms. The highest BCUT2D eigenvalue weighted by Gasteiger charge is 2.61. The summed E-state index contributed by atoms with van der Waals surface area (Å²) in [5.74, 6) is -4.92. The molecule has 2 N–H and O–H groups in total. The number of halogens is 7. The zero-order valence-electron chi connectivity index (χ0n) is 24.4. The van der Waals surface area contributed by atoms with Gasteiger partial charge in [0.1, 0.15) is 17.1 Å². The molecule has 0 radical (unpaired) electrons. The van der Waals surface area contributed by atoms with Crippen LogP contribution in [0.2, 0.25) is 0 Å². The summed E-state index contributed by atoms with van der Waals surface area (Å²) in [5.41, 5.74) is -6.59. The van der Waals surface area contributed by atoms with Crippen LogP contribution in [0.25, 0.3) is 5.57 Å². The molecule has 1 atom stereocenters. The molecule has 0 saturated heterocycles. The summed E-state index contributed by atoms with van der Waals surface area (Å²) in [6, 6.07) is 3.41. The molecular weight excluding hydrogens is 637 g/mol. The summed E-state index contributed by atoms with van der Waals surface area (Å²) in [5, 5.41) is 5.07. The van der Waals surface area contributed by atoms with Gasteiger partial charge in [0.15, 0.2) is 5.54 Å². The van der Waals surface area contributed by atoms with Crippen LogP contribution in [0.15, 0.2) is 36.0 Å². The topological polar surface area (TPSA) is 119 Å². The van der Waals surface area contributed by atoms with Crippen LogP contribution in [0.5, 0.6) is 5.75 Å². The molecule has 1 aromatic carbocycles. The van der Waals surface area contributed by atoms with Gasteiger partial charge < -0.3 is 10.1 Å². The average Bonchev–Trinajstić information content (AvgIpc) is 3.65. The van der Waals surface area contributed by atoms with Gasteiger partial charge in [-0.1, -0.05) is 20.8 Å². The number of ether oxygens (including phenoxy) is 1. The van der Waals surface area contributed by atoms with E-state index in [1.54, 1.807) is 10.0 Å². The predicted molar refractivity (Wildman–Crippen MR) is 146 cm³/mol. The summed E-state index contributed by atoms with van der Waals surface area (Å²) in [6.45, 7) is 5.39. The normalized spacial score (nSPS) is 19.8. The van der Waals surface area contributed by atoms with E-state index >= 15 is 4.39 Å². The minimum atomic E-state index is -5.38. The third kappa shape index (κ3) is 7.97. The zero-order chi connectivity index (χ0) is 33.6. The van der Waals surface area contributed by atoms with Crippen LogP contribution < -0.4 is 14.8 Å². The lowest BCUT2D eigenvalue weighted by atomic mass is 9.77. The number of hydrogen-bond donors (Lipinski definition) is 2. The highest BCUT2D eigenvalue weighted by molar-refractivity contribution is 7.91. The molecule has 2 aliphatic rings. The van der Waals surface area contributed by atoms with Crippen LogP contribution in [0.1, 0.15) is 64.1 Å². The average molecular weight is 669 g/mol. The first-order valence-corrected chi connectivity index (χ1v) is 15.4. The van der Waals surface area contributed by atoms with E-state index in [1.807, 2.05) is 20.8 Å². The third-order valence-corrected chi connectivity index (χ3v) is 8.89. The molecule has 2 heterocycles. The minimum absolute atomic E-state index is 0.235. The molecule has 2 amide bonds. The van der Waals surface area contributed by atoms with E-state index in [-0.39, 0.29) is 36.2 Å². The van der Waals surface area contributed by atoms with Gasteiger partial charge in [-0.15, -0.1) is 0 Å². The van der Waals surface area contributed by atoms with E-state index < -0.39 is 93.4 Å². The van der Waals surface area contributed by atoms with Gasteiger partial charge in [0.2, 0.25) is 10.0 Å². The van der Waals surface area contributed by atoms with Crippen molar-refractivity contribution in [2.45, 2.75) is 82.6 Å². The van der Waals surface area contributed by atoms with Gasteiger partial charge in [0.25, 0.3) is 11.8 Å². The van der Waals surface area contributed by atoms with E-state index in [1.165, 1.54) is 16.9 Å². The summed E-state index contributed by atoms with van der Waals surface area (Å²) >= 11 is 0. The molecule has 17 heteroatoms. The molecular formula is C28H31F7N4O5S. The first kappa shape index (κ1) is 34.2. The quantitative estimate of drug-likeness (QED) is 0.206. The van der Waals surface area contributed by atoms with Crippen molar-refractivity contribution >= 4 is 27.4 Å². The number of nitrogens with zero attached hydrogens (tertiary/aromatic N) is 2. The number of rotatable bonds is 10. The number of amides is 2. The lowest BCUT2D eigenvalue weighted by molar-refractivity contribution is -0.202. The highest BCUT2D eigenvalue weighted by Crippen LogP contribution is 2.49. The monoisotopic (exact) mass is 668 g/mol. The molecule has 9 nitrogen and oxygen atoms in total. The lowest BCUT2D eigenvalue weighted by Gasteiger charge is -2.41. The van der Waals surface area contributed by atoms with E-state index in [2.05, 4.69) is 5.10 Å². The summed E-state index contributed by atoms with van der Waals surface area (Å²) in [4.78, 5) is 26.6. The van der Waals surface area contributed by atoms with Crippen molar-refractivity contribution in [1.29, 1.82) is 0 Å². The largest absolute Gasteiger partial charge is 0.493 e. The number of sulfonamides is 1. The van der Waals surface area contributed by atoms with Gasteiger partial charge >= 0.3 is 12.4 Å². The Balaban J connectivity index is 1.77. The Bertz CT molecular complexity index is 1610. The summed E-state index contributed by atoms with van der Waals surface area (Å²) < 4.78 is 131. The first-order chi connectivity index (χ1) is 20.6. The maximum Gasteiger partial charge on any atom is 0.416 e. The van der Waals surface area contributed by atoms with Crippen molar-refractivity contribution in [2.75, 3.05) is 6.61 Å². The van der Waals surface area contributed by atoms with Crippen molar-refractivity contribution < 1.29 is 53.5 Å². The molecule has 1 aromatic heterocycles. The van der Waals surface area contributed by atoms with Gasteiger partial charge in [-0.2, -0.15) is 31.4 Å².